The van der Waals surface area contributed by atoms with Crippen LogP contribution in [0.4, 0.5) is 10.6 Å². The molecule has 2 aliphatic rings. The number of hydrogen-bond acceptors (Lipinski definition) is 7. The molecule has 1 aromatic heterocycles. The summed E-state index contributed by atoms with van der Waals surface area (Å²) in [5.74, 6) is 1.46. The van der Waals surface area contributed by atoms with E-state index in [1.807, 2.05) is 11.8 Å². The lowest BCUT2D eigenvalue weighted by Crippen LogP contribution is -2.41. The van der Waals surface area contributed by atoms with E-state index in [0.717, 1.165) is 57.1 Å². The van der Waals surface area contributed by atoms with Crippen molar-refractivity contribution in [3.8, 4) is 0 Å². The highest BCUT2D eigenvalue weighted by molar-refractivity contribution is 8.00. The number of carbonyl (C=O) groups excluding carboxylic acids is 2. The monoisotopic (exact) mass is 592 g/mol. The molecule has 2 aliphatic heterocycles. The highest BCUT2D eigenvalue weighted by Gasteiger charge is 2.42. The third-order valence-corrected chi connectivity index (χ3v) is 9.34. The van der Waals surface area contributed by atoms with Crippen LogP contribution < -0.4 is 27.2 Å². The highest BCUT2D eigenvalue weighted by atomic mass is 32.2. The summed E-state index contributed by atoms with van der Waals surface area (Å²) in [6.45, 7) is 6.66. The van der Waals surface area contributed by atoms with Crippen LogP contribution in [0.15, 0.2) is 14.6 Å². The van der Waals surface area contributed by atoms with Crippen LogP contribution in [0.1, 0.15) is 90.0 Å². The quantitative estimate of drug-likeness (QED) is 0.117. The van der Waals surface area contributed by atoms with Gasteiger partial charge in [-0.1, -0.05) is 19.3 Å². The van der Waals surface area contributed by atoms with Crippen molar-refractivity contribution in [3.05, 3.63) is 26.4 Å². The molecule has 41 heavy (non-hydrogen) atoms. The zero-order valence-corrected chi connectivity index (χ0v) is 25.6. The number of carbonyl (C=O) groups is 2. The Kier molecular flexibility index (Phi) is 13.4. The van der Waals surface area contributed by atoms with Crippen LogP contribution >= 0.6 is 11.8 Å². The van der Waals surface area contributed by atoms with Gasteiger partial charge in [0.25, 0.3) is 5.56 Å². The molecule has 1 aromatic rings. The van der Waals surface area contributed by atoms with Gasteiger partial charge in [0.2, 0.25) is 5.91 Å². The van der Waals surface area contributed by atoms with Gasteiger partial charge < -0.3 is 21.1 Å². The van der Waals surface area contributed by atoms with Crippen molar-refractivity contribution < 1.29 is 14.7 Å². The van der Waals surface area contributed by atoms with Crippen LogP contribution in [0.25, 0.3) is 0 Å². The minimum atomic E-state index is -0.393. The number of nitrogens with zero attached hydrogens (tertiary/aromatic N) is 3. The zero-order chi connectivity index (χ0) is 29.8. The molecule has 0 bridgehead atoms. The summed E-state index contributed by atoms with van der Waals surface area (Å²) in [5, 5.41) is 18.9. The molecule has 3 amide bonds. The minimum Gasteiger partial charge on any atom is -0.393 e. The van der Waals surface area contributed by atoms with Crippen molar-refractivity contribution in [3.63, 3.8) is 0 Å². The van der Waals surface area contributed by atoms with Crippen molar-refractivity contribution in [1.82, 2.24) is 25.1 Å². The lowest BCUT2D eigenvalue weighted by Gasteiger charge is -2.16. The third kappa shape index (κ3) is 9.73. The van der Waals surface area contributed by atoms with Gasteiger partial charge in [0.1, 0.15) is 5.82 Å². The van der Waals surface area contributed by atoms with Gasteiger partial charge in [0.05, 0.1) is 23.8 Å². The van der Waals surface area contributed by atoms with Crippen LogP contribution in [0.5, 0.6) is 0 Å². The standard InChI is InChI=1S/C29H48N6O5S/c1-4-30-26-21(3)27(38)35(18-12-9-13-20(2)36)29(40)34(26)17-11-6-5-10-16-31-24(37)15-8-7-14-23-25-22(19-41-23)32-28(39)33-25/h4,20,22-23,25,36H,5-19H2,1-3H3,(H,31,37)(H2,32,33,39)/b30-4-. The molecule has 11 nitrogen and oxygen atoms in total. The second kappa shape index (κ2) is 16.7. The van der Waals surface area contributed by atoms with E-state index in [-0.39, 0.29) is 35.3 Å². The SMILES string of the molecule is C/C=N\c1c(C)c(=O)n(CCCCC(C)O)c(=O)n1CCCCCCNC(=O)CCCCC1SCC2NC(=O)NC21. The fourth-order valence-corrected chi connectivity index (χ4v) is 7.10. The molecule has 3 rings (SSSR count). The van der Waals surface area contributed by atoms with Gasteiger partial charge in [0.15, 0.2) is 0 Å². The van der Waals surface area contributed by atoms with E-state index in [1.54, 1.807) is 31.6 Å². The first kappa shape index (κ1) is 32.9. The Morgan fingerprint density at radius 2 is 1.80 bits per heavy atom. The van der Waals surface area contributed by atoms with Gasteiger partial charge in [-0.15, -0.1) is 0 Å². The second-order valence-electron chi connectivity index (χ2n) is 11.2. The van der Waals surface area contributed by atoms with Crippen LogP contribution in [0.3, 0.4) is 0 Å². The zero-order valence-electron chi connectivity index (χ0n) is 24.8. The normalized spacial score (nSPS) is 20.7. The Balaban J connectivity index is 1.34. The summed E-state index contributed by atoms with van der Waals surface area (Å²) >= 11 is 1.90. The van der Waals surface area contributed by atoms with Crippen molar-refractivity contribution in [2.75, 3.05) is 12.3 Å². The predicted octanol–water partition coefficient (Wildman–Crippen LogP) is 2.99. The second-order valence-corrected chi connectivity index (χ2v) is 12.5. The molecule has 4 unspecified atom stereocenters. The van der Waals surface area contributed by atoms with Crippen LogP contribution in [-0.4, -0.2) is 68.1 Å². The number of aliphatic hydroxyl groups excluding tert-OH is 1. The molecule has 4 atom stereocenters. The number of urea groups is 1. The van der Waals surface area contributed by atoms with Crippen molar-refractivity contribution in [1.29, 1.82) is 0 Å². The maximum atomic E-state index is 13.2. The van der Waals surface area contributed by atoms with E-state index >= 15 is 0 Å². The Morgan fingerprint density at radius 1 is 1.07 bits per heavy atom. The van der Waals surface area contributed by atoms with Gasteiger partial charge in [-0.25, -0.2) is 14.6 Å². The Hall–Kier alpha value is -2.60. The fourth-order valence-electron chi connectivity index (χ4n) is 5.56. The maximum Gasteiger partial charge on any atom is 0.332 e. The van der Waals surface area contributed by atoms with E-state index in [4.69, 9.17) is 0 Å². The first-order valence-electron chi connectivity index (χ1n) is 15.2. The lowest BCUT2D eigenvalue weighted by molar-refractivity contribution is -0.121. The van der Waals surface area contributed by atoms with Crippen molar-refractivity contribution in [2.24, 2.45) is 4.99 Å². The third-order valence-electron chi connectivity index (χ3n) is 7.84. The molecule has 12 heteroatoms. The van der Waals surface area contributed by atoms with Gasteiger partial charge in [-0.05, 0) is 65.7 Å². The molecule has 0 aromatic carbocycles. The molecule has 0 spiro atoms. The molecule has 0 saturated carbocycles. The van der Waals surface area contributed by atoms with E-state index in [2.05, 4.69) is 20.9 Å². The number of nitrogens with one attached hydrogen (secondary N) is 3. The lowest BCUT2D eigenvalue weighted by atomic mass is 10.0. The van der Waals surface area contributed by atoms with E-state index < -0.39 is 6.10 Å². The van der Waals surface area contributed by atoms with E-state index in [1.165, 1.54) is 4.57 Å². The van der Waals surface area contributed by atoms with Crippen molar-refractivity contribution >= 4 is 35.7 Å². The number of thioether (sulfide) groups is 1. The molecule has 230 valence electrons. The fraction of sp³-hybridized carbons (Fsp3) is 0.759. The average molecular weight is 593 g/mol. The van der Waals surface area contributed by atoms with Crippen LogP contribution in [0, 0.1) is 6.92 Å². The Bertz CT molecular complexity index is 1160. The largest absolute Gasteiger partial charge is 0.393 e. The first-order valence-corrected chi connectivity index (χ1v) is 16.2. The van der Waals surface area contributed by atoms with Gasteiger partial charge in [0, 0.05) is 43.3 Å². The Labute approximate surface area is 247 Å². The van der Waals surface area contributed by atoms with Crippen LogP contribution in [0.2, 0.25) is 0 Å². The average Bonchev–Trinajstić information content (AvgIpc) is 3.49. The molecule has 0 aliphatic carbocycles. The number of aliphatic imine (C=N–C) groups is 1. The van der Waals surface area contributed by atoms with E-state index in [0.29, 0.717) is 55.5 Å². The molecule has 2 saturated heterocycles. The number of fused-ring (bicyclic) bond motifs is 1. The molecular weight excluding hydrogens is 544 g/mol. The number of hydrogen-bond donors (Lipinski definition) is 4. The molecule has 4 N–H and O–H groups in total. The maximum absolute atomic E-state index is 13.2. The summed E-state index contributed by atoms with van der Waals surface area (Å²) in [6, 6.07) is 0.392. The highest BCUT2D eigenvalue weighted by Crippen LogP contribution is 2.33. The summed E-state index contributed by atoms with van der Waals surface area (Å²) in [7, 11) is 0. The minimum absolute atomic E-state index is 0.0638. The molecular formula is C29H48N6O5S. The molecule has 3 heterocycles. The molecule has 0 radical (unpaired) electrons. The van der Waals surface area contributed by atoms with Crippen molar-refractivity contribution in [2.45, 2.75) is 128 Å². The van der Waals surface area contributed by atoms with Gasteiger partial charge in [-0.2, -0.15) is 11.8 Å². The van der Waals surface area contributed by atoms with E-state index in [9.17, 15) is 24.3 Å². The van der Waals surface area contributed by atoms with Gasteiger partial charge in [-0.3, -0.25) is 18.7 Å². The summed E-state index contributed by atoms with van der Waals surface area (Å²) < 4.78 is 2.91. The first-order chi connectivity index (χ1) is 19.7. The smallest absolute Gasteiger partial charge is 0.332 e. The van der Waals surface area contributed by atoms with Gasteiger partial charge >= 0.3 is 11.7 Å². The summed E-state index contributed by atoms with van der Waals surface area (Å²) in [6.07, 6.45) is 10.1. The predicted molar refractivity (Wildman–Crippen MR) is 164 cm³/mol. The molecule has 2 fully saturated rings. The summed E-state index contributed by atoms with van der Waals surface area (Å²) in [4.78, 5) is 54.1. The number of rotatable bonds is 18. The number of aliphatic hydroxyl groups is 1. The number of aromatic nitrogens is 2. The summed E-state index contributed by atoms with van der Waals surface area (Å²) in [5.41, 5.74) is -0.165. The van der Waals surface area contributed by atoms with Crippen LogP contribution in [-0.2, 0) is 17.9 Å². The topological polar surface area (TPSA) is 147 Å². The number of unbranched alkanes of at least 4 members (excludes halogenated alkanes) is 5. The number of amides is 3. The Morgan fingerprint density at radius 3 is 2.56 bits per heavy atom.